The first kappa shape index (κ1) is 7.35. The summed E-state index contributed by atoms with van der Waals surface area (Å²) in [5.41, 5.74) is 1.13. The third-order valence-electron chi connectivity index (χ3n) is 2.27. The minimum absolute atomic E-state index is 0.0278. The Bertz CT molecular complexity index is 299. The average molecular weight is 161 g/mol. The Balaban J connectivity index is 2.36. The van der Waals surface area contributed by atoms with Gasteiger partial charge in [-0.2, -0.15) is 0 Å². The zero-order valence-corrected chi connectivity index (χ0v) is 7.03. The fourth-order valence-electron chi connectivity index (χ4n) is 1.68. The van der Waals surface area contributed by atoms with E-state index in [1.165, 1.54) is 0 Å². The largest absolute Gasteiger partial charge is 0.360 e. The number of allylic oxidation sites excluding steroid dienone is 2. The van der Waals surface area contributed by atoms with Crippen molar-refractivity contribution in [2.45, 2.75) is 13.0 Å². The summed E-state index contributed by atoms with van der Waals surface area (Å²) in [4.78, 5) is 13.5. The minimum Gasteiger partial charge on any atom is -0.360 e. The molecule has 0 aliphatic carbocycles. The van der Waals surface area contributed by atoms with Gasteiger partial charge in [0, 0.05) is 12.7 Å². The first-order valence-electron chi connectivity index (χ1n) is 4.10. The van der Waals surface area contributed by atoms with Crippen LogP contribution in [0.5, 0.6) is 0 Å². The smallest absolute Gasteiger partial charge is 0.182 e. The highest BCUT2D eigenvalue weighted by Gasteiger charge is 2.26. The topological polar surface area (TPSA) is 20.3 Å². The molecule has 0 aromatic heterocycles. The van der Waals surface area contributed by atoms with Crippen LogP contribution in [0.15, 0.2) is 36.1 Å². The molecule has 2 aliphatic rings. The molecule has 62 valence electrons. The van der Waals surface area contributed by atoms with Gasteiger partial charge in [-0.15, -0.1) is 0 Å². The molecule has 2 rings (SSSR count). The number of nitrogens with zero attached hydrogens (tertiary/aromatic N) is 1. The summed E-state index contributed by atoms with van der Waals surface area (Å²) in [6, 6.07) is -0.0278. The lowest BCUT2D eigenvalue weighted by molar-refractivity contribution is -0.118. The number of hydrogen-bond acceptors (Lipinski definition) is 2. The average Bonchev–Trinajstić information content (AvgIpc) is 2.04. The van der Waals surface area contributed by atoms with Crippen molar-refractivity contribution in [1.29, 1.82) is 0 Å². The van der Waals surface area contributed by atoms with Crippen LogP contribution >= 0.6 is 0 Å². The van der Waals surface area contributed by atoms with E-state index in [4.69, 9.17) is 0 Å². The first-order valence-corrected chi connectivity index (χ1v) is 4.10. The van der Waals surface area contributed by atoms with Gasteiger partial charge >= 0.3 is 0 Å². The predicted octanol–water partition coefficient (Wildman–Crippen LogP) is 1.27. The Hall–Kier alpha value is -1.31. The molecule has 2 heteroatoms. The SMILES string of the molecule is CC1=CC=CN2CC=CC(=O)C12. The second-order valence-electron chi connectivity index (χ2n) is 3.16. The van der Waals surface area contributed by atoms with E-state index in [1.807, 2.05) is 31.4 Å². The van der Waals surface area contributed by atoms with Gasteiger partial charge in [-0.05, 0) is 24.6 Å². The summed E-state index contributed by atoms with van der Waals surface area (Å²) in [7, 11) is 0. The summed E-state index contributed by atoms with van der Waals surface area (Å²) in [6.07, 6.45) is 9.54. The first-order chi connectivity index (χ1) is 5.79. The van der Waals surface area contributed by atoms with Crippen LogP contribution in [0.4, 0.5) is 0 Å². The summed E-state index contributed by atoms with van der Waals surface area (Å²) >= 11 is 0. The molecule has 1 atom stereocenters. The van der Waals surface area contributed by atoms with E-state index < -0.39 is 0 Å². The highest BCUT2D eigenvalue weighted by molar-refractivity contribution is 5.97. The van der Waals surface area contributed by atoms with Crippen LogP contribution in [0, 0.1) is 0 Å². The molecule has 0 aromatic rings. The third kappa shape index (κ3) is 0.998. The fraction of sp³-hybridized carbons (Fsp3) is 0.300. The molecule has 2 nitrogen and oxygen atoms in total. The van der Waals surface area contributed by atoms with Crippen molar-refractivity contribution in [3.05, 3.63) is 36.1 Å². The van der Waals surface area contributed by atoms with Gasteiger partial charge in [-0.3, -0.25) is 4.79 Å². The molecule has 0 fully saturated rings. The van der Waals surface area contributed by atoms with Crippen LogP contribution in [-0.2, 0) is 4.79 Å². The summed E-state index contributed by atoms with van der Waals surface area (Å²) in [5, 5.41) is 0. The quantitative estimate of drug-likeness (QED) is 0.533. The minimum atomic E-state index is -0.0278. The van der Waals surface area contributed by atoms with E-state index in [1.54, 1.807) is 6.08 Å². The maximum Gasteiger partial charge on any atom is 0.182 e. The molecular formula is C10H11NO. The normalized spacial score (nSPS) is 27.1. The Morgan fingerprint density at radius 3 is 3.17 bits per heavy atom. The van der Waals surface area contributed by atoms with Crippen molar-refractivity contribution < 1.29 is 4.79 Å². The van der Waals surface area contributed by atoms with Gasteiger partial charge in [0.15, 0.2) is 5.78 Å². The summed E-state index contributed by atoms with van der Waals surface area (Å²) < 4.78 is 0. The molecule has 2 heterocycles. The van der Waals surface area contributed by atoms with Crippen molar-refractivity contribution in [2.75, 3.05) is 6.54 Å². The van der Waals surface area contributed by atoms with Gasteiger partial charge in [-0.1, -0.05) is 12.2 Å². The standard InChI is InChI=1S/C10H11NO/c1-8-4-2-6-11-7-3-5-9(12)10(8)11/h2-6,10H,7H2,1H3. The molecule has 0 saturated carbocycles. The van der Waals surface area contributed by atoms with E-state index in [-0.39, 0.29) is 11.8 Å². The fourth-order valence-corrected chi connectivity index (χ4v) is 1.68. The number of carbonyl (C=O) groups excluding carboxylic acids is 1. The highest BCUT2D eigenvalue weighted by atomic mass is 16.1. The number of hydrogen-bond donors (Lipinski definition) is 0. The van der Waals surface area contributed by atoms with Crippen LogP contribution in [-0.4, -0.2) is 23.3 Å². The molecule has 1 unspecified atom stereocenters. The number of fused-ring (bicyclic) bond motifs is 1. The van der Waals surface area contributed by atoms with Crippen LogP contribution in [0.3, 0.4) is 0 Å². The molecule has 0 saturated heterocycles. The third-order valence-corrected chi connectivity index (χ3v) is 2.27. The zero-order valence-electron chi connectivity index (χ0n) is 7.03. The Morgan fingerprint density at radius 1 is 1.58 bits per heavy atom. The number of rotatable bonds is 0. The number of ketones is 1. The molecule has 12 heavy (non-hydrogen) atoms. The summed E-state index contributed by atoms with van der Waals surface area (Å²) in [5.74, 6) is 0.194. The maximum absolute atomic E-state index is 11.4. The Kier molecular flexibility index (Phi) is 1.61. The predicted molar refractivity (Wildman–Crippen MR) is 47.5 cm³/mol. The highest BCUT2D eigenvalue weighted by Crippen LogP contribution is 2.19. The van der Waals surface area contributed by atoms with Crippen LogP contribution in [0.2, 0.25) is 0 Å². The van der Waals surface area contributed by atoms with Gasteiger partial charge < -0.3 is 4.90 Å². The van der Waals surface area contributed by atoms with Crippen molar-refractivity contribution in [2.24, 2.45) is 0 Å². The van der Waals surface area contributed by atoms with E-state index >= 15 is 0 Å². The van der Waals surface area contributed by atoms with Gasteiger partial charge in [0.1, 0.15) is 6.04 Å². The Labute approximate surface area is 71.9 Å². The zero-order chi connectivity index (χ0) is 8.55. The molecule has 0 amide bonds. The molecule has 0 bridgehead atoms. The van der Waals surface area contributed by atoms with Crippen LogP contribution in [0.1, 0.15) is 6.92 Å². The Morgan fingerprint density at radius 2 is 2.42 bits per heavy atom. The van der Waals surface area contributed by atoms with Gasteiger partial charge in [0.2, 0.25) is 0 Å². The number of carbonyl (C=O) groups is 1. The monoisotopic (exact) mass is 161 g/mol. The lowest BCUT2D eigenvalue weighted by Gasteiger charge is -2.33. The lowest BCUT2D eigenvalue weighted by atomic mass is 9.97. The maximum atomic E-state index is 11.4. The molecule has 0 spiro atoms. The van der Waals surface area contributed by atoms with E-state index in [0.29, 0.717) is 0 Å². The molecule has 0 aromatic carbocycles. The van der Waals surface area contributed by atoms with Crippen molar-refractivity contribution in [3.8, 4) is 0 Å². The van der Waals surface area contributed by atoms with Crippen molar-refractivity contribution >= 4 is 5.78 Å². The summed E-state index contributed by atoms with van der Waals surface area (Å²) in [6.45, 7) is 2.84. The van der Waals surface area contributed by atoms with Gasteiger partial charge in [0.25, 0.3) is 0 Å². The van der Waals surface area contributed by atoms with Crippen LogP contribution < -0.4 is 0 Å². The van der Waals surface area contributed by atoms with Crippen molar-refractivity contribution in [3.63, 3.8) is 0 Å². The van der Waals surface area contributed by atoms with E-state index in [0.717, 1.165) is 12.1 Å². The van der Waals surface area contributed by atoms with E-state index in [2.05, 4.69) is 4.90 Å². The second kappa shape index (κ2) is 2.63. The molecule has 2 aliphatic heterocycles. The van der Waals surface area contributed by atoms with Gasteiger partial charge in [-0.25, -0.2) is 0 Å². The van der Waals surface area contributed by atoms with Crippen molar-refractivity contribution in [1.82, 2.24) is 4.90 Å². The van der Waals surface area contributed by atoms with E-state index in [9.17, 15) is 4.79 Å². The van der Waals surface area contributed by atoms with Gasteiger partial charge in [0.05, 0.1) is 0 Å². The second-order valence-corrected chi connectivity index (χ2v) is 3.16. The van der Waals surface area contributed by atoms with Crippen LogP contribution in [0.25, 0.3) is 0 Å². The molecule has 0 N–H and O–H groups in total. The molecular weight excluding hydrogens is 150 g/mol. The molecule has 0 radical (unpaired) electrons. The lowest BCUT2D eigenvalue weighted by Crippen LogP contribution is -2.41.